The summed E-state index contributed by atoms with van der Waals surface area (Å²) in [5.41, 5.74) is 8.43. The molecule has 7 N–H and O–H groups in total. The summed E-state index contributed by atoms with van der Waals surface area (Å²) in [5, 5.41) is 10.7. The maximum Gasteiger partial charge on any atom is 0.266 e. The number of rotatable bonds is 18. The van der Waals surface area contributed by atoms with Crippen LogP contribution in [0.3, 0.4) is 0 Å². The van der Waals surface area contributed by atoms with Crippen molar-refractivity contribution in [3.05, 3.63) is 98.7 Å². The maximum atomic E-state index is 12.8. The molecular weight excluding hydrogens is 799 g/mol. The van der Waals surface area contributed by atoms with Gasteiger partial charge in [0.05, 0.1) is 29.0 Å². The Morgan fingerprint density at radius 2 is 1.32 bits per heavy atom. The van der Waals surface area contributed by atoms with Crippen LogP contribution in [0.25, 0.3) is 6.08 Å². The first-order chi connectivity index (χ1) is 25.7. The molecule has 4 amide bonds. The molecule has 1 atom stereocenters. The van der Waals surface area contributed by atoms with Crippen LogP contribution in [0.5, 0.6) is 0 Å². The summed E-state index contributed by atoms with van der Waals surface area (Å²) in [7, 11) is -8.53. The molecule has 4 heterocycles. The molecule has 0 saturated heterocycles. The van der Waals surface area contributed by atoms with Crippen LogP contribution in [0, 0.1) is 6.92 Å². The van der Waals surface area contributed by atoms with Crippen molar-refractivity contribution in [2.24, 2.45) is 4.99 Å². The third kappa shape index (κ3) is 13.4. The monoisotopic (exact) mass is 844 g/mol. The molecule has 3 aliphatic rings. The fourth-order valence-electron chi connectivity index (χ4n) is 6.55. The zero-order valence-corrected chi connectivity index (χ0v) is 38.7. The quantitative estimate of drug-likeness (QED) is 0.0828. The van der Waals surface area contributed by atoms with Gasteiger partial charge in [-0.2, -0.15) is 16.8 Å². The molecule has 20 heteroatoms. The van der Waals surface area contributed by atoms with E-state index in [1.54, 1.807) is 32.1 Å². The third-order valence-corrected chi connectivity index (χ3v) is 11.1. The number of carbonyl (C=O) groups is 4. The minimum atomic E-state index is -4.26. The minimum Gasteiger partial charge on any atom is -0.358 e. The molecule has 0 fully saturated rings. The van der Waals surface area contributed by atoms with Crippen molar-refractivity contribution >= 4 is 115 Å². The van der Waals surface area contributed by atoms with E-state index in [1.807, 2.05) is 13.8 Å². The number of allylic oxidation sites excluding steroid dienone is 4. The fourth-order valence-corrected chi connectivity index (χ4v) is 7.27. The molecule has 0 spiro atoms. The van der Waals surface area contributed by atoms with E-state index in [-0.39, 0.29) is 116 Å². The van der Waals surface area contributed by atoms with Crippen LogP contribution >= 0.6 is 0 Å². The van der Waals surface area contributed by atoms with Gasteiger partial charge in [0, 0.05) is 125 Å². The zero-order valence-electron chi connectivity index (χ0n) is 33.1. The van der Waals surface area contributed by atoms with E-state index in [0.717, 1.165) is 22.3 Å². The molecule has 1 aromatic heterocycles. The largest absolute Gasteiger partial charge is 0.358 e. The first-order valence-electron chi connectivity index (χ1n) is 17.4. The molecule has 3 aliphatic heterocycles. The van der Waals surface area contributed by atoms with Gasteiger partial charge in [0.25, 0.3) is 32.1 Å². The van der Waals surface area contributed by atoms with E-state index in [2.05, 4.69) is 39.4 Å². The molecule has 0 saturated carbocycles. The summed E-state index contributed by atoms with van der Waals surface area (Å²) in [5.74, 6) is -2.68. The van der Waals surface area contributed by atoms with Crippen molar-refractivity contribution in [2.45, 2.75) is 65.8 Å². The number of aromatic amines is 1. The summed E-state index contributed by atoms with van der Waals surface area (Å²) in [6.45, 7) is 14.2. The molecule has 57 heavy (non-hydrogen) atoms. The van der Waals surface area contributed by atoms with Crippen molar-refractivity contribution in [2.75, 3.05) is 24.6 Å². The molecule has 1 aromatic rings. The Bertz CT molecular complexity index is 2270. The van der Waals surface area contributed by atoms with Gasteiger partial charge in [-0.3, -0.25) is 33.3 Å². The fraction of sp³-hybridized carbons (Fsp3) is 0.378. The van der Waals surface area contributed by atoms with Crippen molar-refractivity contribution in [1.29, 1.82) is 0 Å². The summed E-state index contributed by atoms with van der Waals surface area (Å²) in [4.78, 5) is 59.0. The summed E-state index contributed by atoms with van der Waals surface area (Å²) >= 11 is 0. The number of hydrogen-bond acceptors (Lipinski definition) is 9. The van der Waals surface area contributed by atoms with Gasteiger partial charge < -0.3 is 26.3 Å². The van der Waals surface area contributed by atoms with Crippen molar-refractivity contribution in [1.82, 2.24) is 26.3 Å². The van der Waals surface area contributed by atoms with Crippen LogP contribution in [0.1, 0.15) is 62.5 Å². The molecule has 4 rings (SSSR count). The summed E-state index contributed by atoms with van der Waals surface area (Å²) < 4.78 is 62.6. The summed E-state index contributed by atoms with van der Waals surface area (Å²) in [6, 6.07) is -0.520. The van der Waals surface area contributed by atoms with E-state index in [9.17, 15) is 36.0 Å². The smallest absolute Gasteiger partial charge is 0.266 e. The zero-order chi connectivity index (χ0) is 40.8. The van der Waals surface area contributed by atoms with E-state index >= 15 is 0 Å². The molecule has 2 radical (unpaired) electrons. The van der Waals surface area contributed by atoms with Crippen LogP contribution in [0.15, 0.2) is 81.2 Å². The molecular formula is C37H46N6Na2O10S2. The number of carbonyl (C=O) groups excluding carboxylic acids is 4. The van der Waals surface area contributed by atoms with Crippen LogP contribution < -0.4 is 21.3 Å². The second-order valence-corrected chi connectivity index (χ2v) is 16.4. The predicted octanol–water partition coefficient (Wildman–Crippen LogP) is 1.45. The Hall–Kier alpha value is -3.17. The van der Waals surface area contributed by atoms with E-state index in [4.69, 9.17) is 14.1 Å². The molecule has 1 unspecified atom stereocenters. The second-order valence-electron chi connectivity index (χ2n) is 13.3. The van der Waals surface area contributed by atoms with Crippen molar-refractivity contribution in [3.63, 3.8) is 0 Å². The van der Waals surface area contributed by atoms with Gasteiger partial charge in [0.15, 0.2) is 0 Å². The van der Waals surface area contributed by atoms with Gasteiger partial charge in [0.1, 0.15) is 0 Å². The number of hydrogen-bond donors (Lipinski definition) is 7. The SMILES string of the molecule is C=CC1=C(C)/C(=C/c2[nH]c(CC3N=C(/C=C4\NC(=O)C(C)=C4C=C)C(C)=C3CCC(=O)NCCS(=O)(=O)O)c(CCC(=O)NCCS(=O)(=O)O)c2C)NC1=O.[Na].[Na]. The Morgan fingerprint density at radius 1 is 0.772 bits per heavy atom. The number of aromatic nitrogens is 1. The topological polar surface area (TPSA) is 253 Å². The Labute approximate surface area is 377 Å². The van der Waals surface area contributed by atoms with Crippen LogP contribution in [-0.4, -0.2) is 150 Å². The van der Waals surface area contributed by atoms with Crippen molar-refractivity contribution in [3.8, 4) is 0 Å². The Kier molecular flexibility index (Phi) is 18.6. The normalized spacial score (nSPS) is 18.4. The standard InChI is InChI=1S/C37H46N6O10S2.2Na/c1-7-24-23(6)36(46)43-31(24)18-29-22(5)27(10-12-35(45)39-14-16-55(51,52)53)33(41-29)19-32-26(9-11-34(44)38-13-15-54(48,49)50)21(4)28(40-32)17-30-20(3)25(8-2)37(47)42-30;;/h7-8,17-18,33,40H,1-2,9-16,19H2,3-6H3,(H,38,44)(H,39,45)(H,42,47)(H,43,46)(H,48,49,50)(H,51,52,53);;/b30-17-,31-18-;;. The second kappa shape index (κ2) is 21.2. The molecule has 298 valence electrons. The van der Waals surface area contributed by atoms with Gasteiger partial charge >= 0.3 is 0 Å². The number of amides is 4. The van der Waals surface area contributed by atoms with E-state index in [1.165, 1.54) is 6.08 Å². The Balaban J connectivity index is 0.00000561. The van der Waals surface area contributed by atoms with Gasteiger partial charge in [0.2, 0.25) is 11.8 Å². The van der Waals surface area contributed by atoms with Crippen molar-refractivity contribution < 1.29 is 45.1 Å². The molecule has 16 nitrogen and oxygen atoms in total. The van der Waals surface area contributed by atoms with E-state index < -0.39 is 49.6 Å². The van der Waals surface area contributed by atoms with Gasteiger partial charge in [-0.15, -0.1) is 0 Å². The predicted molar refractivity (Wildman–Crippen MR) is 219 cm³/mol. The Morgan fingerprint density at radius 3 is 1.84 bits per heavy atom. The first-order valence-corrected chi connectivity index (χ1v) is 20.6. The maximum absolute atomic E-state index is 12.8. The average molecular weight is 845 g/mol. The number of H-pyrrole nitrogens is 1. The van der Waals surface area contributed by atoms with Gasteiger partial charge in [-0.05, 0) is 80.5 Å². The first kappa shape index (κ1) is 50.0. The van der Waals surface area contributed by atoms with E-state index in [0.29, 0.717) is 50.8 Å². The van der Waals surface area contributed by atoms with Crippen LogP contribution in [-0.2, 0) is 52.3 Å². The number of nitrogens with one attached hydrogen (secondary N) is 5. The number of aliphatic imine (C=N–C) groups is 1. The van der Waals surface area contributed by atoms with Crippen LogP contribution in [0.4, 0.5) is 0 Å². The minimum absolute atomic E-state index is 0. The molecule has 0 bridgehead atoms. The van der Waals surface area contributed by atoms with Gasteiger partial charge in [-0.25, -0.2) is 0 Å². The number of nitrogens with zero attached hydrogens (tertiary/aromatic N) is 1. The molecule has 0 aliphatic carbocycles. The average Bonchev–Trinajstić information content (AvgIpc) is 3.73. The van der Waals surface area contributed by atoms with Crippen LogP contribution in [0.2, 0.25) is 0 Å². The van der Waals surface area contributed by atoms with Gasteiger partial charge in [-0.1, -0.05) is 25.3 Å². The third-order valence-electron chi connectivity index (χ3n) is 9.62. The summed E-state index contributed by atoms with van der Waals surface area (Å²) in [6.07, 6.45) is 7.31. The molecule has 0 aromatic carbocycles.